The Bertz CT molecular complexity index is 461. The molecule has 0 aliphatic rings. The topological polar surface area (TPSA) is 52.6 Å². The van der Waals surface area contributed by atoms with Gasteiger partial charge in [0.05, 0.1) is 12.7 Å². The van der Waals surface area contributed by atoms with Gasteiger partial charge >= 0.3 is 11.9 Å². The molecule has 0 heterocycles. The molecule has 4 nitrogen and oxygen atoms in total. The van der Waals surface area contributed by atoms with Gasteiger partial charge in [-0.05, 0) is 33.1 Å². The average Bonchev–Trinajstić information content (AvgIpc) is 2.82. The lowest BCUT2D eigenvalue weighted by Gasteiger charge is -2.07. The van der Waals surface area contributed by atoms with Gasteiger partial charge in [-0.2, -0.15) is 0 Å². The Hall–Kier alpha value is -1.06. The summed E-state index contributed by atoms with van der Waals surface area (Å²) in [5.41, 5.74) is 0. The largest absolute Gasteiger partial charge is 0.466 e. The molecular weight excluding hydrogens is 436 g/mol. The van der Waals surface area contributed by atoms with Crippen molar-refractivity contribution in [1.82, 2.24) is 0 Å². The minimum atomic E-state index is -0.0506. The molecule has 0 bridgehead atoms. The lowest BCUT2D eigenvalue weighted by molar-refractivity contribution is -0.147. The summed E-state index contributed by atoms with van der Waals surface area (Å²) in [7, 11) is 0. The van der Waals surface area contributed by atoms with E-state index in [1.165, 1.54) is 116 Å². The molecule has 0 N–H and O–H groups in total. The highest BCUT2D eigenvalue weighted by atomic mass is 16.5. The number of hydrogen-bond donors (Lipinski definition) is 0. The van der Waals surface area contributed by atoms with Crippen molar-refractivity contribution >= 4 is 11.9 Å². The Morgan fingerprint density at radius 3 is 1.23 bits per heavy atom. The van der Waals surface area contributed by atoms with Gasteiger partial charge in [0.15, 0.2) is 0 Å². The number of carbonyl (C=O) groups excluding carboxylic acids is 2. The molecule has 0 fully saturated rings. The van der Waals surface area contributed by atoms with Gasteiger partial charge in [0, 0.05) is 12.8 Å². The second kappa shape index (κ2) is 27.5. The first kappa shape index (κ1) is 33.9. The van der Waals surface area contributed by atoms with Crippen LogP contribution < -0.4 is 0 Å². The van der Waals surface area contributed by atoms with Gasteiger partial charge in [-0.15, -0.1) is 0 Å². The Labute approximate surface area is 218 Å². The Balaban J connectivity index is 3.18. The Morgan fingerprint density at radius 1 is 0.486 bits per heavy atom. The van der Waals surface area contributed by atoms with E-state index in [1.54, 1.807) is 0 Å². The van der Waals surface area contributed by atoms with Crippen LogP contribution in [0.4, 0.5) is 0 Å². The second-order valence-corrected chi connectivity index (χ2v) is 10.7. The Morgan fingerprint density at radius 2 is 0.829 bits per heavy atom. The van der Waals surface area contributed by atoms with Crippen LogP contribution in [0, 0.1) is 0 Å². The molecule has 0 unspecified atom stereocenters. The second-order valence-electron chi connectivity index (χ2n) is 10.7. The van der Waals surface area contributed by atoms with Crippen LogP contribution >= 0.6 is 0 Å². The van der Waals surface area contributed by atoms with Crippen molar-refractivity contribution in [2.75, 3.05) is 6.61 Å². The molecule has 0 amide bonds. The third-order valence-electron chi connectivity index (χ3n) is 6.64. The standard InChI is InChI=1S/C31H60O4/c1-4-5-6-7-8-14-17-20-23-26-30(32)34-28-25-22-19-16-13-11-9-10-12-15-18-21-24-27-31(33)35-29(2)3/h29H,4-28H2,1-3H3. The van der Waals surface area contributed by atoms with Crippen molar-refractivity contribution in [2.45, 2.75) is 181 Å². The van der Waals surface area contributed by atoms with Crippen LogP contribution in [0.25, 0.3) is 0 Å². The first-order chi connectivity index (χ1) is 17.1. The molecule has 0 atom stereocenters. The third kappa shape index (κ3) is 29.1. The van der Waals surface area contributed by atoms with Gasteiger partial charge in [-0.3, -0.25) is 9.59 Å². The van der Waals surface area contributed by atoms with E-state index in [2.05, 4.69) is 6.92 Å². The van der Waals surface area contributed by atoms with E-state index in [1.807, 2.05) is 13.8 Å². The summed E-state index contributed by atoms with van der Waals surface area (Å²) in [4.78, 5) is 23.3. The van der Waals surface area contributed by atoms with Crippen molar-refractivity contribution in [3.63, 3.8) is 0 Å². The zero-order valence-electron chi connectivity index (χ0n) is 23.9. The zero-order chi connectivity index (χ0) is 25.8. The molecule has 0 aliphatic carbocycles. The minimum absolute atomic E-state index is 0.00146. The fourth-order valence-corrected chi connectivity index (χ4v) is 4.48. The molecule has 0 aromatic carbocycles. The minimum Gasteiger partial charge on any atom is -0.466 e. The van der Waals surface area contributed by atoms with E-state index in [9.17, 15) is 9.59 Å². The van der Waals surface area contributed by atoms with Crippen LogP contribution in [0.3, 0.4) is 0 Å². The quantitative estimate of drug-likeness (QED) is 0.0838. The third-order valence-corrected chi connectivity index (χ3v) is 6.64. The van der Waals surface area contributed by atoms with E-state index in [4.69, 9.17) is 9.47 Å². The monoisotopic (exact) mass is 496 g/mol. The maximum Gasteiger partial charge on any atom is 0.306 e. The van der Waals surface area contributed by atoms with Crippen molar-refractivity contribution in [1.29, 1.82) is 0 Å². The van der Waals surface area contributed by atoms with E-state index >= 15 is 0 Å². The maximum atomic E-state index is 11.8. The number of esters is 2. The van der Waals surface area contributed by atoms with Gasteiger partial charge < -0.3 is 9.47 Å². The predicted molar refractivity (Wildman–Crippen MR) is 149 cm³/mol. The average molecular weight is 497 g/mol. The summed E-state index contributed by atoms with van der Waals surface area (Å²) in [6.07, 6.45) is 28.7. The first-order valence-electron chi connectivity index (χ1n) is 15.4. The highest BCUT2D eigenvalue weighted by Crippen LogP contribution is 2.14. The van der Waals surface area contributed by atoms with Gasteiger partial charge in [0.1, 0.15) is 0 Å². The molecule has 0 saturated carbocycles. The highest BCUT2D eigenvalue weighted by molar-refractivity contribution is 5.69. The molecular formula is C31H60O4. The number of unbranched alkanes of at least 4 members (excludes halogenated alkanes) is 20. The molecule has 0 aliphatic heterocycles. The lowest BCUT2D eigenvalue weighted by atomic mass is 10.0. The zero-order valence-corrected chi connectivity index (χ0v) is 23.9. The molecule has 0 radical (unpaired) electrons. The van der Waals surface area contributed by atoms with Gasteiger partial charge in [-0.1, -0.05) is 129 Å². The number of carbonyl (C=O) groups is 2. The number of rotatable bonds is 27. The number of hydrogen-bond acceptors (Lipinski definition) is 4. The molecule has 0 spiro atoms. The van der Waals surface area contributed by atoms with Crippen molar-refractivity contribution in [3.8, 4) is 0 Å². The van der Waals surface area contributed by atoms with E-state index < -0.39 is 0 Å². The summed E-state index contributed by atoms with van der Waals surface area (Å²) < 4.78 is 10.5. The number of ether oxygens (including phenoxy) is 2. The molecule has 208 valence electrons. The summed E-state index contributed by atoms with van der Waals surface area (Å²) in [5.74, 6) is -0.0491. The molecule has 0 aromatic rings. The summed E-state index contributed by atoms with van der Waals surface area (Å²) in [6.45, 7) is 6.66. The maximum absolute atomic E-state index is 11.8. The van der Waals surface area contributed by atoms with Crippen LogP contribution in [0.5, 0.6) is 0 Å². The summed E-state index contributed by atoms with van der Waals surface area (Å²) >= 11 is 0. The fourth-order valence-electron chi connectivity index (χ4n) is 4.48. The normalized spacial score (nSPS) is 11.2. The summed E-state index contributed by atoms with van der Waals surface area (Å²) in [5, 5.41) is 0. The van der Waals surface area contributed by atoms with Crippen molar-refractivity contribution < 1.29 is 19.1 Å². The SMILES string of the molecule is CCCCCCCCCCCC(=O)OCCCCCCCCCCCCCCCC(=O)OC(C)C. The van der Waals surface area contributed by atoms with E-state index in [-0.39, 0.29) is 18.0 Å². The van der Waals surface area contributed by atoms with E-state index in [0.717, 1.165) is 25.7 Å². The lowest BCUT2D eigenvalue weighted by Crippen LogP contribution is -2.10. The predicted octanol–water partition coefficient (Wildman–Crippen LogP) is 9.86. The molecule has 4 heteroatoms. The van der Waals surface area contributed by atoms with Gasteiger partial charge in [-0.25, -0.2) is 0 Å². The van der Waals surface area contributed by atoms with Crippen LogP contribution in [-0.2, 0) is 19.1 Å². The van der Waals surface area contributed by atoms with Gasteiger partial charge in [0.2, 0.25) is 0 Å². The highest BCUT2D eigenvalue weighted by Gasteiger charge is 2.05. The van der Waals surface area contributed by atoms with Gasteiger partial charge in [0.25, 0.3) is 0 Å². The molecule has 35 heavy (non-hydrogen) atoms. The van der Waals surface area contributed by atoms with Crippen LogP contribution in [0.2, 0.25) is 0 Å². The van der Waals surface area contributed by atoms with Crippen LogP contribution in [-0.4, -0.2) is 24.6 Å². The summed E-state index contributed by atoms with van der Waals surface area (Å²) in [6, 6.07) is 0. The Kier molecular flexibility index (Phi) is 26.7. The first-order valence-corrected chi connectivity index (χ1v) is 15.4. The van der Waals surface area contributed by atoms with E-state index in [0.29, 0.717) is 19.4 Å². The van der Waals surface area contributed by atoms with Crippen molar-refractivity contribution in [2.24, 2.45) is 0 Å². The van der Waals surface area contributed by atoms with Crippen molar-refractivity contribution in [3.05, 3.63) is 0 Å². The molecule has 0 rings (SSSR count). The van der Waals surface area contributed by atoms with Crippen LogP contribution in [0.15, 0.2) is 0 Å². The smallest absolute Gasteiger partial charge is 0.306 e. The van der Waals surface area contributed by atoms with Crippen LogP contribution in [0.1, 0.15) is 175 Å². The molecule has 0 saturated heterocycles. The molecule has 0 aromatic heterocycles. The fraction of sp³-hybridized carbons (Fsp3) is 0.935.